The number of benzene rings is 5. The molecule has 0 N–H and O–H groups in total. The van der Waals surface area contributed by atoms with Gasteiger partial charge in [-0.25, -0.2) is 0 Å². The first-order valence-electron chi connectivity index (χ1n) is 25.0. The predicted octanol–water partition coefficient (Wildman–Crippen LogP) is 10.4. The minimum atomic E-state index is -2.70. The molecule has 1 unspecified atom stereocenters. The van der Waals surface area contributed by atoms with Crippen LogP contribution < -0.4 is 0 Å². The lowest BCUT2D eigenvalue weighted by atomic mass is 9.95. The highest BCUT2D eigenvalue weighted by Gasteiger charge is 2.58. The summed E-state index contributed by atoms with van der Waals surface area (Å²) in [7, 11) is -2.70. The molecule has 3 heterocycles. The molecular formula is C58H70O13Si. The molecule has 0 bridgehead atoms. The number of ether oxygens (including phenoxy) is 10. The zero-order chi connectivity index (χ0) is 50.7. The van der Waals surface area contributed by atoms with Gasteiger partial charge in [0.15, 0.2) is 33.3 Å². The van der Waals surface area contributed by atoms with E-state index in [2.05, 4.69) is 70.8 Å². The lowest BCUT2D eigenvalue weighted by Crippen LogP contribution is -2.68. The van der Waals surface area contributed by atoms with Gasteiger partial charge >= 0.3 is 5.97 Å². The van der Waals surface area contributed by atoms with Gasteiger partial charge in [-0.05, 0) is 58.6 Å². The van der Waals surface area contributed by atoms with E-state index in [0.717, 1.165) is 33.0 Å². The van der Waals surface area contributed by atoms with E-state index >= 15 is 0 Å². The summed E-state index contributed by atoms with van der Waals surface area (Å²) in [5, 5.41) is 1.97. The molecule has 72 heavy (non-hydrogen) atoms. The molecule has 3 aliphatic rings. The molecule has 11 atom stereocenters. The average Bonchev–Trinajstić information content (AvgIpc) is 3.38. The number of ketones is 1. The van der Waals surface area contributed by atoms with E-state index < -0.39 is 82.0 Å². The second-order valence-corrected chi connectivity index (χ2v) is 25.0. The maximum absolute atomic E-state index is 13.7. The molecule has 8 rings (SSSR count). The Kier molecular flexibility index (Phi) is 18.4. The van der Waals surface area contributed by atoms with Crippen LogP contribution in [-0.4, -0.2) is 101 Å². The SMILES string of the molecule is C=CCO[C@H]1O[C@H](COCc2ccccc2)[C@@H](O[C@@H]2O[C@@H]3COC(c4ccccc4)O[C@H]3[C@H](OCc3ccc4ccccc4c3)[C@@H]2O[Si](C)(C)C(C)(C)C)[C@H](OCc2ccccc2)[C@@H]1OC(=O)CCC(C)=O. The van der Waals surface area contributed by atoms with Gasteiger partial charge < -0.3 is 56.6 Å². The van der Waals surface area contributed by atoms with Crippen molar-refractivity contribution in [3.05, 3.63) is 168 Å². The molecule has 13 nitrogen and oxygen atoms in total. The summed E-state index contributed by atoms with van der Waals surface area (Å²) in [5.74, 6) is -0.775. The second kappa shape index (κ2) is 24.9. The third-order valence-electron chi connectivity index (χ3n) is 13.7. The van der Waals surface area contributed by atoms with Crippen LogP contribution in [-0.2, 0) is 81.2 Å². The number of hydrogen-bond donors (Lipinski definition) is 0. The molecule has 3 aliphatic heterocycles. The van der Waals surface area contributed by atoms with Gasteiger partial charge in [-0.3, -0.25) is 4.79 Å². The van der Waals surface area contributed by atoms with Crippen LogP contribution in [0.1, 0.15) is 69.1 Å². The second-order valence-electron chi connectivity index (χ2n) is 20.2. The molecule has 3 saturated heterocycles. The lowest BCUT2D eigenvalue weighted by Gasteiger charge is -2.53. The number of carbonyl (C=O) groups excluding carboxylic acids is 2. The fourth-order valence-corrected chi connectivity index (χ4v) is 10.1. The van der Waals surface area contributed by atoms with E-state index in [1.807, 2.05) is 103 Å². The summed E-state index contributed by atoms with van der Waals surface area (Å²) in [4.78, 5) is 25.8. The van der Waals surface area contributed by atoms with Crippen LogP contribution in [0.25, 0.3) is 10.8 Å². The van der Waals surface area contributed by atoms with Crippen LogP contribution in [0, 0.1) is 0 Å². The van der Waals surface area contributed by atoms with Crippen molar-refractivity contribution in [2.24, 2.45) is 0 Å². The van der Waals surface area contributed by atoms with Crippen molar-refractivity contribution in [2.75, 3.05) is 19.8 Å². The maximum atomic E-state index is 13.7. The molecular weight excluding hydrogens is 933 g/mol. The van der Waals surface area contributed by atoms with Gasteiger partial charge in [0.1, 0.15) is 48.5 Å². The Hall–Kier alpha value is -4.94. The molecule has 5 aromatic carbocycles. The Morgan fingerprint density at radius 3 is 1.99 bits per heavy atom. The van der Waals surface area contributed by atoms with E-state index in [9.17, 15) is 9.59 Å². The third-order valence-corrected chi connectivity index (χ3v) is 18.2. The number of fused-ring (bicyclic) bond motifs is 2. The molecule has 0 aliphatic carbocycles. The molecule has 0 saturated carbocycles. The highest BCUT2D eigenvalue weighted by atomic mass is 28.4. The van der Waals surface area contributed by atoms with Crippen LogP contribution in [0.5, 0.6) is 0 Å². The van der Waals surface area contributed by atoms with Crippen LogP contribution in [0.15, 0.2) is 146 Å². The van der Waals surface area contributed by atoms with Gasteiger partial charge in [0, 0.05) is 12.0 Å². The Bertz CT molecular complexity index is 2500. The summed E-state index contributed by atoms with van der Waals surface area (Å²) in [6.07, 6.45) is -8.71. The van der Waals surface area contributed by atoms with Gasteiger partial charge in [0.05, 0.1) is 46.1 Å². The van der Waals surface area contributed by atoms with Gasteiger partial charge in [-0.1, -0.05) is 154 Å². The standard InChI is InChI=1S/C58H70O13Si/c1-8-32-62-56-53(68-48(60)31-28-39(2)59)51(63-35-41-22-14-10-15-23-41)49(46(66-56)37-61-34-40-20-12-9-13-21-40)70-57-54(71-72(6,7)58(3,4)5)52(64-36-42-29-30-43-24-18-19-27-45(43)33-42)50-47(67-57)38-65-55(69-50)44-25-16-11-17-26-44/h8-27,29-30,33,46-47,49-57H,1,28,31-32,34-38H2,2-7H3/t46-,47-,49-,50-,51+,52+,53+,54+,55?,56+,57+/m1/s1. The van der Waals surface area contributed by atoms with Crippen molar-refractivity contribution >= 4 is 30.8 Å². The van der Waals surface area contributed by atoms with Crippen molar-refractivity contribution in [3.8, 4) is 0 Å². The Morgan fingerprint density at radius 2 is 1.31 bits per heavy atom. The fraction of sp³-hybridized carbons (Fsp3) is 0.448. The van der Waals surface area contributed by atoms with E-state index in [-0.39, 0.29) is 63.3 Å². The molecule has 3 fully saturated rings. The fourth-order valence-electron chi connectivity index (χ4n) is 8.86. The van der Waals surface area contributed by atoms with Crippen molar-refractivity contribution in [1.82, 2.24) is 0 Å². The first kappa shape index (κ1) is 53.4. The van der Waals surface area contributed by atoms with Crippen LogP contribution in [0.3, 0.4) is 0 Å². The molecule has 5 aromatic rings. The first-order valence-corrected chi connectivity index (χ1v) is 27.9. The number of esters is 1. The van der Waals surface area contributed by atoms with Gasteiger partial charge in [0.2, 0.25) is 0 Å². The minimum absolute atomic E-state index is 0.00316. The summed E-state index contributed by atoms with van der Waals surface area (Å²) in [6.45, 7) is 17.1. The van der Waals surface area contributed by atoms with Gasteiger partial charge in [0.25, 0.3) is 0 Å². The molecule has 0 radical (unpaired) electrons. The smallest absolute Gasteiger partial charge is 0.306 e. The summed E-state index contributed by atoms with van der Waals surface area (Å²) < 4.78 is 75.2. The van der Waals surface area contributed by atoms with Crippen molar-refractivity contribution in [3.63, 3.8) is 0 Å². The average molecular weight is 1000 g/mol. The minimum Gasteiger partial charge on any atom is -0.454 e. The Morgan fingerprint density at radius 1 is 0.667 bits per heavy atom. The quantitative estimate of drug-likeness (QED) is 0.0370. The van der Waals surface area contributed by atoms with Crippen LogP contribution in [0.4, 0.5) is 0 Å². The maximum Gasteiger partial charge on any atom is 0.306 e. The van der Waals surface area contributed by atoms with Gasteiger partial charge in [-0.2, -0.15) is 0 Å². The number of rotatable bonds is 22. The molecule has 384 valence electrons. The van der Waals surface area contributed by atoms with Crippen molar-refractivity contribution in [1.29, 1.82) is 0 Å². The molecule has 0 amide bonds. The van der Waals surface area contributed by atoms with Crippen LogP contribution in [0.2, 0.25) is 18.1 Å². The zero-order valence-electron chi connectivity index (χ0n) is 42.3. The lowest BCUT2D eigenvalue weighted by molar-refractivity contribution is -0.389. The normalized spacial score (nSPS) is 26.7. The highest BCUT2D eigenvalue weighted by molar-refractivity contribution is 6.74. The van der Waals surface area contributed by atoms with E-state index in [4.69, 9.17) is 51.8 Å². The van der Waals surface area contributed by atoms with Crippen LogP contribution >= 0.6 is 0 Å². The molecule has 14 heteroatoms. The Labute approximate surface area is 425 Å². The Balaban J connectivity index is 1.21. The predicted molar refractivity (Wildman–Crippen MR) is 274 cm³/mol. The number of hydrogen-bond acceptors (Lipinski definition) is 13. The zero-order valence-corrected chi connectivity index (χ0v) is 43.3. The topological polar surface area (TPSA) is 136 Å². The summed E-state index contributed by atoms with van der Waals surface area (Å²) >= 11 is 0. The molecule has 0 spiro atoms. The van der Waals surface area contributed by atoms with E-state index in [1.54, 1.807) is 6.08 Å². The number of carbonyl (C=O) groups is 2. The first-order chi connectivity index (χ1) is 34.8. The summed E-state index contributed by atoms with van der Waals surface area (Å²) in [6, 6.07) is 43.9. The van der Waals surface area contributed by atoms with Crippen molar-refractivity contribution < 1.29 is 61.4 Å². The summed E-state index contributed by atoms with van der Waals surface area (Å²) in [5.41, 5.74) is 3.66. The number of Topliss-reactive ketones (excluding diaryl/α,β-unsaturated/α-hetero) is 1. The van der Waals surface area contributed by atoms with E-state index in [1.165, 1.54) is 6.92 Å². The van der Waals surface area contributed by atoms with Crippen molar-refractivity contribution in [2.45, 2.75) is 146 Å². The monoisotopic (exact) mass is 1000 g/mol. The third kappa shape index (κ3) is 13.8. The largest absolute Gasteiger partial charge is 0.454 e. The van der Waals surface area contributed by atoms with Gasteiger partial charge in [-0.15, -0.1) is 6.58 Å². The van der Waals surface area contributed by atoms with E-state index in [0.29, 0.717) is 0 Å². The highest BCUT2D eigenvalue weighted by Crippen LogP contribution is 2.44. The molecule has 0 aromatic heterocycles.